The van der Waals surface area contributed by atoms with Gasteiger partial charge >= 0.3 is 0 Å². The predicted octanol–water partition coefficient (Wildman–Crippen LogP) is 3.88. The molecule has 3 rings (SSSR count). The van der Waals surface area contributed by atoms with Crippen LogP contribution in [-0.2, 0) is 7.05 Å². The van der Waals surface area contributed by atoms with Gasteiger partial charge in [-0.3, -0.25) is 9.25 Å². The molecular formula is C14H22N4S. The number of rotatable bonds is 1. The molecule has 2 unspecified atom stereocenters. The minimum atomic E-state index is 0.513. The van der Waals surface area contributed by atoms with E-state index in [4.69, 9.17) is 12.2 Å². The predicted molar refractivity (Wildman–Crippen MR) is 79.9 cm³/mol. The van der Waals surface area contributed by atoms with Crippen LogP contribution in [0.1, 0.15) is 50.8 Å². The van der Waals surface area contributed by atoms with Crippen molar-refractivity contribution < 1.29 is 0 Å². The minimum Gasteiger partial charge on any atom is -0.328 e. The van der Waals surface area contributed by atoms with Gasteiger partial charge in [-0.2, -0.15) is 5.10 Å². The van der Waals surface area contributed by atoms with E-state index in [1.54, 1.807) is 0 Å². The third kappa shape index (κ3) is 2.04. The van der Waals surface area contributed by atoms with Crippen LogP contribution in [0.3, 0.4) is 0 Å². The molecule has 0 saturated heterocycles. The lowest BCUT2D eigenvalue weighted by Crippen LogP contribution is -2.17. The molecular weight excluding hydrogens is 256 g/mol. The first-order valence-corrected chi connectivity index (χ1v) is 7.64. The number of nitrogens with zero attached hydrogens (tertiary/aromatic N) is 3. The largest absolute Gasteiger partial charge is 0.328 e. The lowest BCUT2D eigenvalue weighted by Gasteiger charge is -2.23. The Hall–Kier alpha value is -1.10. The average Bonchev–Trinajstić information content (AvgIpc) is 2.73. The Labute approximate surface area is 118 Å². The molecule has 1 fully saturated rings. The normalized spacial score (nSPS) is 24.8. The number of fused-ring (bicyclic) bond motifs is 1. The van der Waals surface area contributed by atoms with Crippen molar-refractivity contribution in [3.63, 3.8) is 0 Å². The van der Waals surface area contributed by atoms with Gasteiger partial charge in [0.15, 0.2) is 10.4 Å². The molecule has 0 aromatic carbocycles. The molecule has 0 spiro atoms. The summed E-state index contributed by atoms with van der Waals surface area (Å²) in [5.41, 5.74) is 3.29. The highest BCUT2D eigenvalue weighted by Gasteiger charge is 2.25. The maximum Gasteiger partial charge on any atom is 0.179 e. The van der Waals surface area contributed by atoms with Crippen molar-refractivity contribution in [3.05, 3.63) is 10.5 Å². The molecule has 1 N–H and O–H groups in total. The molecule has 0 radical (unpaired) electrons. The van der Waals surface area contributed by atoms with E-state index < -0.39 is 0 Å². The van der Waals surface area contributed by atoms with E-state index in [-0.39, 0.29) is 0 Å². The summed E-state index contributed by atoms with van der Waals surface area (Å²) in [5.74, 6) is 0.684. The zero-order chi connectivity index (χ0) is 13.6. The first-order chi connectivity index (χ1) is 9.09. The summed E-state index contributed by atoms with van der Waals surface area (Å²) in [6.45, 7) is 4.40. The van der Waals surface area contributed by atoms with Gasteiger partial charge in [-0.15, -0.1) is 0 Å². The maximum atomic E-state index is 5.57. The van der Waals surface area contributed by atoms with Crippen LogP contribution < -0.4 is 0 Å². The molecule has 2 heterocycles. The molecule has 0 aliphatic heterocycles. The van der Waals surface area contributed by atoms with Crippen LogP contribution in [0.25, 0.3) is 11.2 Å². The second-order valence-corrected chi connectivity index (χ2v) is 6.28. The second kappa shape index (κ2) is 4.78. The highest BCUT2D eigenvalue weighted by molar-refractivity contribution is 7.71. The minimum absolute atomic E-state index is 0.513. The van der Waals surface area contributed by atoms with Gasteiger partial charge in [-0.25, -0.2) is 0 Å². The number of hydrogen-bond donors (Lipinski definition) is 1. The molecule has 2 aromatic rings. The standard InChI is InChI=1S/C14H22N4S/c1-9-7-5-4-6-8-11(9)18-13-12(15-14(18)19)10(2)16-17(13)3/h9,11H,4-8H2,1-3H3,(H,15,19). The Bertz CT molecular complexity index is 648. The molecule has 1 aliphatic rings. The monoisotopic (exact) mass is 278 g/mol. The van der Waals surface area contributed by atoms with Crippen LogP contribution >= 0.6 is 12.2 Å². The maximum absolute atomic E-state index is 5.57. The fraction of sp³-hybridized carbons (Fsp3) is 0.714. The molecule has 4 nitrogen and oxygen atoms in total. The van der Waals surface area contributed by atoms with Crippen LogP contribution in [-0.4, -0.2) is 19.3 Å². The third-order valence-corrected chi connectivity index (χ3v) is 4.82. The molecule has 2 atom stereocenters. The smallest absolute Gasteiger partial charge is 0.179 e. The number of imidazole rings is 1. The van der Waals surface area contributed by atoms with E-state index in [0.29, 0.717) is 12.0 Å². The third-order valence-electron chi connectivity index (χ3n) is 4.52. The van der Waals surface area contributed by atoms with E-state index in [1.165, 1.54) is 32.1 Å². The number of nitrogens with one attached hydrogen (secondary N) is 1. The summed E-state index contributed by atoms with van der Waals surface area (Å²) in [5, 5.41) is 4.51. The van der Waals surface area contributed by atoms with Crippen molar-refractivity contribution in [2.75, 3.05) is 0 Å². The lowest BCUT2D eigenvalue weighted by atomic mass is 9.97. The van der Waals surface area contributed by atoms with Gasteiger partial charge in [0, 0.05) is 13.1 Å². The first kappa shape index (κ1) is 12.9. The summed E-state index contributed by atoms with van der Waals surface area (Å²) in [6.07, 6.45) is 6.54. The molecule has 2 aromatic heterocycles. The SMILES string of the molecule is Cc1nn(C)c2c1[nH]c(=S)n2C1CCCCCC1C. The molecule has 1 aliphatic carbocycles. The topological polar surface area (TPSA) is 38.5 Å². The van der Waals surface area contributed by atoms with Crippen LogP contribution in [0.2, 0.25) is 0 Å². The lowest BCUT2D eigenvalue weighted by molar-refractivity contribution is 0.334. The van der Waals surface area contributed by atoms with Crippen molar-refractivity contribution in [3.8, 4) is 0 Å². The Kier molecular flexibility index (Phi) is 3.25. The van der Waals surface area contributed by atoms with E-state index >= 15 is 0 Å². The van der Waals surface area contributed by atoms with Crippen LogP contribution in [0.5, 0.6) is 0 Å². The number of aryl methyl sites for hydroxylation is 2. The summed E-state index contributed by atoms with van der Waals surface area (Å²) >= 11 is 5.57. The van der Waals surface area contributed by atoms with Gasteiger partial charge in [0.25, 0.3) is 0 Å². The van der Waals surface area contributed by atoms with Crippen LogP contribution in [0, 0.1) is 17.6 Å². The Morgan fingerprint density at radius 2 is 2.00 bits per heavy atom. The molecule has 19 heavy (non-hydrogen) atoms. The van der Waals surface area contributed by atoms with E-state index in [9.17, 15) is 0 Å². The summed E-state index contributed by atoms with van der Waals surface area (Å²) in [6, 6.07) is 0.513. The summed E-state index contributed by atoms with van der Waals surface area (Å²) < 4.78 is 5.14. The molecule has 5 heteroatoms. The van der Waals surface area contributed by atoms with Gasteiger partial charge in [0.05, 0.1) is 5.69 Å². The highest BCUT2D eigenvalue weighted by Crippen LogP contribution is 2.35. The fourth-order valence-corrected chi connectivity index (χ4v) is 3.82. The molecule has 1 saturated carbocycles. The second-order valence-electron chi connectivity index (χ2n) is 5.89. The molecule has 0 bridgehead atoms. The zero-order valence-electron chi connectivity index (χ0n) is 11.9. The van der Waals surface area contributed by atoms with E-state index in [2.05, 4.69) is 21.6 Å². The van der Waals surface area contributed by atoms with Crippen LogP contribution in [0.15, 0.2) is 0 Å². The highest BCUT2D eigenvalue weighted by atomic mass is 32.1. The van der Waals surface area contributed by atoms with E-state index in [0.717, 1.165) is 21.6 Å². The average molecular weight is 278 g/mol. The Morgan fingerprint density at radius 1 is 1.26 bits per heavy atom. The van der Waals surface area contributed by atoms with Crippen molar-refractivity contribution in [2.45, 2.75) is 52.0 Å². The molecule has 104 valence electrons. The number of hydrogen-bond acceptors (Lipinski definition) is 2. The van der Waals surface area contributed by atoms with Gasteiger partial charge in [0.2, 0.25) is 0 Å². The first-order valence-electron chi connectivity index (χ1n) is 7.23. The zero-order valence-corrected chi connectivity index (χ0v) is 12.8. The number of H-pyrrole nitrogens is 1. The quantitative estimate of drug-likeness (QED) is 0.635. The number of aromatic nitrogens is 4. The Balaban J connectivity index is 2.18. The van der Waals surface area contributed by atoms with Crippen molar-refractivity contribution in [2.24, 2.45) is 13.0 Å². The number of aromatic amines is 1. The van der Waals surface area contributed by atoms with E-state index in [1.807, 2.05) is 18.7 Å². The molecule has 0 amide bonds. The van der Waals surface area contributed by atoms with Gasteiger partial charge < -0.3 is 4.98 Å². The van der Waals surface area contributed by atoms with Crippen molar-refractivity contribution in [1.29, 1.82) is 0 Å². The van der Waals surface area contributed by atoms with Crippen LogP contribution in [0.4, 0.5) is 0 Å². The summed E-state index contributed by atoms with van der Waals surface area (Å²) in [4.78, 5) is 3.35. The Morgan fingerprint density at radius 3 is 2.79 bits per heavy atom. The van der Waals surface area contributed by atoms with Gasteiger partial charge in [-0.05, 0) is 37.9 Å². The van der Waals surface area contributed by atoms with Gasteiger partial charge in [0.1, 0.15) is 5.52 Å². The fourth-order valence-electron chi connectivity index (χ4n) is 3.50. The van der Waals surface area contributed by atoms with Crippen molar-refractivity contribution >= 4 is 23.4 Å². The van der Waals surface area contributed by atoms with Gasteiger partial charge in [-0.1, -0.05) is 26.2 Å². The van der Waals surface area contributed by atoms with Crippen molar-refractivity contribution in [1.82, 2.24) is 19.3 Å². The summed E-state index contributed by atoms with van der Waals surface area (Å²) in [7, 11) is 2.01.